The van der Waals surface area contributed by atoms with Gasteiger partial charge in [-0.2, -0.15) is 0 Å². The molecule has 3 heteroatoms. The molecule has 3 atom stereocenters. The van der Waals surface area contributed by atoms with Crippen molar-refractivity contribution >= 4 is 0 Å². The summed E-state index contributed by atoms with van der Waals surface area (Å²) in [5, 5.41) is 0. The molecule has 2 rings (SSSR count). The largest absolute Gasteiger partial charge is 0.325 e. The van der Waals surface area contributed by atoms with Gasteiger partial charge in [-0.05, 0) is 38.5 Å². The van der Waals surface area contributed by atoms with Crippen LogP contribution < -0.4 is 0 Å². The van der Waals surface area contributed by atoms with E-state index in [0.717, 1.165) is 26.1 Å². The van der Waals surface area contributed by atoms with E-state index in [9.17, 15) is 0 Å². The molecule has 1 aromatic rings. The van der Waals surface area contributed by atoms with Crippen LogP contribution in [-0.2, 0) is 27.5 Å². The van der Waals surface area contributed by atoms with Gasteiger partial charge < -0.3 is 11.8 Å². The van der Waals surface area contributed by atoms with Crippen molar-refractivity contribution in [3.63, 3.8) is 0 Å². The van der Waals surface area contributed by atoms with Crippen LogP contribution in [0.3, 0.4) is 0 Å². The number of rotatable bonds is 4. The Labute approximate surface area is 138 Å². The molecule has 0 saturated carbocycles. The van der Waals surface area contributed by atoms with Crippen molar-refractivity contribution in [2.45, 2.75) is 45.3 Å². The van der Waals surface area contributed by atoms with Gasteiger partial charge in [0.15, 0.2) is 0 Å². The first kappa shape index (κ1) is 17.9. The number of nitrogens with zero attached hydrogens (tertiary/aromatic N) is 2. The zero-order valence-electron chi connectivity index (χ0n) is 13.0. The molecule has 1 aliphatic heterocycles. The molecule has 1 aromatic carbocycles. The molecule has 0 aromatic heterocycles. The van der Waals surface area contributed by atoms with Crippen LogP contribution in [0.4, 0.5) is 0 Å². The first-order valence-electron chi connectivity index (χ1n) is 7.54. The van der Waals surface area contributed by atoms with E-state index in [2.05, 4.69) is 67.8 Å². The summed E-state index contributed by atoms with van der Waals surface area (Å²) in [4.78, 5) is 5.14. The second-order valence-corrected chi connectivity index (χ2v) is 5.57. The molecule has 1 heterocycles. The van der Waals surface area contributed by atoms with Crippen molar-refractivity contribution in [2.75, 3.05) is 19.6 Å². The Kier molecular flexibility index (Phi) is 7.43. The van der Waals surface area contributed by atoms with Crippen molar-refractivity contribution in [1.29, 1.82) is 0 Å². The molecule has 0 N–H and O–H groups in total. The fraction of sp³-hybridized carbons (Fsp3) is 0.588. The molecule has 0 bridgehead atoms. The Balaban J connectivity index is 0.00000200. The third kappa shape index (κ3) is 3.93. The molecule has 1 aliphatic rings. The van der Waals surface area contributed by atoms with Crippen molar-refractivity contribution < 1.29 is 21.1 Å². The Morgan fingerprint density at radius 1 is 1.15 bits per heavy atom. The van der Waals surface area contributed by atoms with Crippen LogP contribution in [0.5, 0.6) is 0 Å². The average Bonchev–Trinajstić information content (AvgIpc) is 2.43. The van der Waals surface area contributed by atoms with Gasteiger partial charge in [0.1, 0.15) is 0 Å². The summed E-state index contributed by atoms with van der Waals surface area (Å²) < 4.78 is 0. The normalized spacial score (nSPS) is 28.1. The van der Waals surface area contributed by atoms with Crippen LogP contribution in [0.1, 0.15) is 26.3 Å². The molecule has 1 fully saturated rings. The van der Waals surface area contributed by atoms with Crippen molar-refractivity contribution in [2.24, 2.45) is 0 Å². The molecule has 0 spiro atoms. The van der Waals surface area contributed by atoms with Crippen LogP contribution in [0, 0.1) is 6.92 Å². The van der Waals surface area contributed by atoms with Gasteiger partial charge in [0.05, 0.1) is 0 Å². The first-order valence-corrected chi connectivity index (χ1v) is 7.54. The molecule has 0 aliphatic carbocycles. The first-order chi connectivity index (χ1) is 9.17. The van der Waals surface area contributed by atoms with Gasteiger partial charge in [0, 0.05) is 33.1 Å². The Morgan fingerprint density at radius 2 is 1.80 bits per heavy atom. The average molecular weight is 443 g/mol. The zero-order valence-corrected chi connectivity index (χ0v) is 15.9. The Bertz CT molecular complexity index is 382. The molecule has 0 amide bonds. The van der Waals surface area contributed by atoms with Gasteiger partial charge in [-0.15, -0.1) is 6.04 Å². The number of hydrogen-bond donors (Lipinski definition) is 0. The van der Waals surface area contributed by atoms with Gasteiger partial charge in [-0.3, -0.25) is 4.90 Å². The molecule has 112 valence electrons. The summed E-state index contributed by atoms with van der Waals surface area (Å²) in [5.41, 5.74) is 1.44. The predicted octanol–water partition coefficient (Wildman–Crippen LogP) is 2.84. The Morgan fingerprint density at radius 3 is 2.35 bits per heavy atom. The predicted molar refractivity (Wildman–Crippen MR) is 82.2 cm³/mol. The Hall–Kier alpha value is -0.172. The summed E-state index contributed by atoms with van der Waals surface area (Å²) in [7, 11) is 0. The SMILES string of the molecule is [CH2-]C1CN(CC)C(Cc2ccccc2)C(C)N1CC.[W]. The maximum Gasteiger partial charge on any atom is 0.0287 e. The molecule has 1 saturated heterocycles. The number of benzene rings is 1. The van der Waals surface area contributed by atoms with E-state index in [1.807, 2.05) is 0 Å². The van der Waals surface area contributed by atoms with Crippen molar-refractivity contribution in [3.8, 4) is 0 Å². The van der Waals surface area contributed by atoms with Gasteiger partial charge in [-0.25, -0.2) is 0 Å². The quantitative estimate of drug-likeness (QED) is 0.661. The van der Waals surface area contributed by atoms with Crippen LogP contribution in [0.2, 0.25) is 0 Å². The van der Waals surface area contributed by atoms with Gasteiger partial charge in [0.25, 0.3) is 0 Å². The summed E-state index contributed by atoms with van der Waals surface area (Å²) in [5.74, 6) is 0. The van der Waals surface area contributed by atoms with Gasteiger partial charge in [0.2, 0.25) is 0 Å². The zero-order chi connectivity index (χ0) is 13.8. The van der Waals surface area contributed by atoms with E-state index in [1.165, 1.54) is 5.56 Å². The number of piperazine rings is 1. The van der Waals surface area contributed by atoms with E-state index in [1.54, 1.807) is 0 Å². The fourth-order valence-corrected chi connectivity index (χ4v) is 3.43. The third-order valence-corrected chi connectivity index (χ3v) is 4.52. The van der Waals surface area contributed by atoms with Crippen molar-refractivity contribution in [1.82, 2.24) is 9.80 Å². The van der Waals surface area contributed by atoms with Gasteiger partial charge in [-0.1, -0.05) is 44.2 Å². The minimum atomic E-state index is 0. The minimum absolute atomic E-state index is 0. The van der Waals surface area contributed by atoms with E-state index in [0.29, 0.717) is 18.1 Å². The molecule has 20 heavy (non-hydrogen) atoms. The molecule has 3 unspecified atom stereocenters. The number of hydrogen-bond acceptors (Lipinski definition) is 2. The molecule has 2 nitrogen and oxygen atoms in total. The monoisotopic (exact) mass is 443 g/mol. The third-order valence-electron chi connectivity index (χ3n) is 4.52. The van der Waals surface area contributed by atoms with E-state index < -0.39 is 0 Å². The summed E-state index contributed by atoms with van der Waals surface area (Å²) >= 11 is 0. The van der Waals surface area contributed by atoms with Crippen molar-refractivity contribution in [3.05, 3.63) is 42.8 Å². The standard InChI is InChI=1S/C17H27N2.W/c1-5-18-13-14(3)19(6-2)15(4)17(18)12-16-10-8-7-9-11-16;/h7-11,14-15,17H,3,5-6,12-13H2,1-2,4H3;/q-1;. The molecular formula is C17H27N2W-. The minimum Gasteiger partial charge on any atom is -0.325 e. The van der Waals surface area contributed by atoms with Crippen LogP contribution in [0.15, 0.2) is 30.3 Å². The second-order valence-electron chi connectivity index (χ2n) is 5.57. The topological polar surface area (TPSA) is 6.48 Å². The van der Waals surface area contributed by atoms with Crippen LogP contribution in [0.25, 0.3) is 0 Å². The van der Waals surface area contributed by atoms with Crippen LogP contribution >= 0.6 is 0 Å². The maximum absolute atomic E-state index is 4.32. The smallest absolute Gasteiger partial charge is 0.0287 e. The second kappa shape index (κ2) is 8.31. The molecular weight excluding hydrogens is 416 g/mol. The maximum atomic E-state index is 4.32. The fourth-order valence-electron chi connectivity index (χ4n) is 3.43. The molecule has 0 radical (unpaired) electrons. The number of likely N-dealkylation sites (N-methyl/N-ethyl adjacent to an activating group) is 2. The van der Waals surface area contributed by atoms with E-state index in [4.69, 9.17) is 0 Å². The van der Waals surface area contributed by atoms with E-state index in [-0.39, 0.29) is 21.1 Å². The summed E-state index contributed by atoms with van der Waals surface area (Å²) in [6, 6.07) is 12.5. The van der Waals surface area contributed by atoms with Gasteiger partial charge >= 0.3 is 0 Å². The summed E-state index contributed by atoms with van der Waals surface area (Å²) in [6.07, 6.45) is 1.14. The summed E-state index contributed by atoms with van der Waals surface area (Å²) in [6.45, 7) is 14.5. The van der Waals surface area contributed by atoms with E-state index >= 15 is 0 Å². The van der Waals surface area contributed by atoms with Crippen LogP contribution in [-0.4, -0.2) is 47.6 Å².